The molecule has 1 atom stereocenters. The van der Waals surface area contributed by atoms with Gasteiger partial charge >= 0.3 is 6.61 Å². The number of hydrogen-bond acceptors (Lipinski definition) is 8. The number of rotatable bonds is 7. The Bertz CT molecular complexity index is 1070. The van der Waals surface area contributed by atoms with Gasteiger partial charge in [-0.2, -0.15) is 8.78 Å². The van der Waals surface area contributed by atoms with E-state index in [-0.39, 0.29) is 11.7 Å². The molecule has 4 heterocycles. The third kappa shape index (κ3) is 4.79. The lowest BCUT2D eigenvalue weighted by Gasteiger charge is -2.22. The molecule has 10 heteroatoms. The Balaban J connectivity index is 1.49. The summed E-state index contributed by atoms with van der Waals surface area (Å²) in [5.74, 6) is 1.87. The van der Waals surface area contributed by atoms with Gasteiger partial charge in [0.1, 0.15) is 31.1 Å². The minimum Gasteiger partial charge on any atom is -0.484 e. The number of pyridine rings is 2. The van der Waals surface area contributed by atoms with E-state index in [2.05, 4.69) is 36.9 Å². The number of ether oxygens (including phenoxy) is 3. The maximum Gasteiger partial charge on any atom is 0.387 e. The molecule has 0 aromatic carbocycles. The van der Waals surface area contributed by atoms with Gasteiger partial charge in [-0.05, 0) is 19.1 Å². The van der Waals surface area contributed by atoms with Crippen LogP contribution in [0, 0.1) is 6.92 Å². The van der Waals surface area contributed by atoms with E-state index in [9.17, 15) is 8.78 Å². The summed E-state index contributed by atoms with van der Waals surface area (Å²) >= 11 is 0. The summed E-state index contributed by atoms with van der Waals surface area (Å²) < 4.78 is 41.0. The van der Waals surface area contributed by atoms with E-state index in [1.165, 1.54) is 12.4 Å². The average molecular weight is 429 g/mol. The second-order valence-corrected chi connectivity index (χ2v) is 6.99. The summed E-state index contributed by atoms with van der Waals surface area (Å²) in [4.78, 5) is 16.8. The predicted molar refractivity (Wildman–Crippen MR) is 109 cm³/mol. The number of fused-ring (bicyclic) bond motifs is 1. The van der Waals surface area contributed by atoms with Crippen LogP contribution in [0.3, 0.4) is 0 Å². The van der Waals surface area contributed by atoms with Gasteiger partial charge in [0.25, 0.3) is 5.88 Å². The summed E-state index contributed by atoms with van der Waals surface area (Å²) in [6.45, 7) is 2.28. The molecule has 0 radical (unpaired) electrons. The van der Waals surface area contributed by atoms with Crippen LogP contribution in [0.1, 0.15) is 24.1 Å². The van der Waals surface area contributed by atoms with Gasteiger partial charge in [0.2, 0.25) is 0 Å². The van der Waals surface area contributed by atoms with Gasteiger partial charge < -0.3 is 19.5 Å². The Labute approximate surface area is 177 Å². The summed E-state index contributed by atoms with van der Waals surface area (Å²) in [7, 11) is 0. The zero-order chi connectivity index (χ0) is 21.8. The van der Waals surface area contributed by atoms with Crippen molar-refractivity contribution < 1.29 is 23.0 Å². The summed E-state index contributed by atoms with van der Waals surface area (Å²) in [6, 6.07) is 5.13. The molecule has 31 heavy (non-hydrogen) atoms. The van der Waals surface area contributed by atoms with Crippen LogP contribution in [0.5, 0.6) is 17.4 Å². The van der Waals surface area contributed by atoms with Gasteiger partial charge in [0, 0.05) is 42.0 Å². The molecule has 3 aromatic rings. The molecule has 1 aliphatic heterocycles. The highest BCUT2D eigenvalue weighted by Gasteiger charge is 2.21. The van der Waals surface area contributed by atoms with E-state index in [4.69, 9.17) is 9.47 Å². The van der Waals surface area contributed by atoms with Gasteiger partial charge in [-0.1, -0.05) is 6.92 Å². The number of halogens is 2. The molecular weight excluding hydrogens is 408 g/mol. The van der Waals surface area contributed by atoms with Gasteiger partial charge in [0.05, 0.1) is 11.4 Å². The highest BCUT2D eigenvalue weighted by Crippen LogP contribution is 2.35. The highest BCUT2D eigenvalue weighted by molar-refractivity contribution is 5.63. The number of aromatic nitrogens is 4. The lowest BCUT2D eigenvalue weighted by Crippen LogP contribution is -2.19. The molecule has 0 fully saturated rings. The van der Waals surface area contributed by atoms with Crippen LogP contribution in [0.25, 0.3) is 11.3 Å². The zero-order valence-electron chi connectivity index (χ0n) is 17.0. The predicted octanol–water partition coefficient (Wildman–Crippen LogP) is 3.83. The van der Waals surface area contributed by atoms with E-state index in [1.807, 2.05) is 6.07 Å². The van der Waals surface area contributed by atoms with Crippen molar-refractivity contribution in [2.24, 2.45) is 0 Å². The fraction of sp³-hybridized carbons (Fsp3) is 0.333. The quantitative estimate of drug-likeness (QED) is 0.606. The van der Waals surface area contributed by atoms with E-state index in [0.717, 1.165) is 5.56 Å². The van der Waals surface area contributed by atoms with E-state index in [1.54, 1.807) is 25.4 Å². The molecule has 0 amide bonds. The minimum absolute atomic E-state index is 0.0129. The molecule has 0 saturated heterocycles. The third-order valence-corrected chi connectivity index (χ3v) is 4.81. The molecule has 1 aliphatic rings. The number of aryl methyl sites for hydroxylation is 1. The summed E-state index contributed by atoms with van der Waals surface area (Å²) in [6.07, 6.45) is 4.66. The van der Waals surface area contributed by atoms with Gasteiger partial charge in [-0.25, -0.2) is 15.0 Å². The van der Waals surface area contributed by atoms with Gasteiger partial charge in [-0.3, -0.25) is 4.98 Å². The van der Waals surface area contributed by atoms with Crippen molar-refractivity contribution in [1.82, 2.24) is 19.9 Å². The fourth-order valence-electron chi connectivity index (χ4n) is 3.21. The number of anilines is 1. The lowest BCUT2D eigenvalue weighted by molar-refractivity contribution is -0.0505. The average Bonchev–Trinajstić information content (AvgIpc) is 2.78. The Morgan fingerprint density at radius 2 is 1.97 bits per heavy atom. The standard InChI is InChI=1S/C21H21F2N5O3/c1-12(15-3-4-24-20-19(15)29-5-6-30-20)9-26-18-8-16(27-11-28-18)14-7-17(31-21(22)23)13(2)25-10-14/h3-4,7-8,10-12,21H,5-6,9H2,1-2H3,(H,26,27,28)/t12-/m1/s1. The van der Waals surface area contributed by atoms with Crippen LogP contribution < -0.4 is 19.5 Å². The van der Waals surface area contributed by atoms with E-state index in [0.29, 0.717) is 54.2 Å². The molecule has 8 nitrogen and oxygen atoms in total. The van der Waals surface area contributed by atoms with Crippen LogP contribution in [0.15, 0.2) is 36.9 Å². The number of nitrogens with zero attached hydrogens (tertiary/aromatic N) is 4. The van der Waals surface area contributed by atoms with E-state index >= 15 is 0 Å². The first-order valence-electron chi connectivity index (χ1n) is 9.73. The smallest absolute Gasteiger partial charge is 0.387 e. The molecule has 1 N–H and O–H groups in total. The van der Waals surface area contributed by atoms with Gasteiger partial charge in [-0.15, -0.1) is 0 Å². The Morgan fingerprint density at radius 1 is 1.13 bits per heavy atom. The highest BCUT2D eigenvalue weighted by atomic mass is 19.3. The van der Waals surface area contributed by atoms with Crippen molar-refractivity contribution in [3.05, 3.63) is 48.2 Å². The molecular formula is C21H21F2N5O3. The Morgan fingerprint density at radius 3 is 2.81 bits per heavy atom. The second kappa shape index (κ2) is 9.07. The molecule has 0 bridgehead atoms. The lowest BCUT2D eigenvalue weighted by atomic mass is 10.0. The monoisotopic (exact) mass is 429 g/mol. The van der Waals surface area contributed by atoms with Crippen LogP contribution in [-0.2, 0) is 0 Å². The van der Waals surface area contributed by atoms with Crippen molar-refractivity contribution >= 4 is 5.82 Å². The molecule has 0 saturated carbocycles. The van der Waals surface area contributed by atoms with Gasteiger partial charge in [0.15, 0.2) is 5.75 Å². The fourth-order valence-corrected chi connectivity index (χ4v) is 3.21. The number of hydrogen-bond donors (Lipinski definition) is 1. The number of alkyl halides is 2. The summed E-state index contributed by atoms with van der Waals surface area (Å²) in [5.41, 5.74) is 2.45. The maximum atomic E-state index is 12.6. The topological polar surface area (TPSA) is 91.3 Å². The normalized spacial score (nSPS) is 13.7. The first-order valence-corrected chi connectivity index (χ1v) is 9.73. The molecule has 0 aliphatic carbocycles. The van der Waals surface area contributed by atoms with Crippen molar-refractivity contribution in [1.29, 1.82) is 0 Å². The second-order valence-electron chi connectivity index (χ2n) is 6.99. The first kappa shape index (κ1) is 20.7. The van der Waals surface area contributed by atoms with Crippen LogP contribution >= 0.6 is 0 Å². The number of nitrogens with one attached hydrogen (secondary N) is 1. The Kier molecular flexibility index (Phi) is 6.06. The Hall–Kier alpha value is -3.56. The first-order chi connectivity index (χ1) is 15.0. The van der Waals surface area contributed by atoms with Crippen molar-refractivity contribution in [3.8, 4) is 28.6 Å². The summed E-state index contributed by atoms with van der Waals surface area (Å²) in [5, 5.41) is 3.28. The largest absolute Gasteiger partial charge is 0.484 e. The molecule has 4 rings (SSSR count). The van der Waals surface area contributed by atoms with Crippen molar-refractivity contribution in [2.45, 2.75) is 26.4 Å². The van der Waals surface area contributed by atoms with E-state index < -0.39 is 6.61 Å². The van der Waals surface area contributed by atoms with Crippen LogP contribution in [-0.4, -0.2) is 46.3 Å². The minimum atomic E-state index is -2.92. The zero-order valence-corrected chi connectivity index (χ0v) is 17.0. The molecule has 3 aromatic heterocycles. The van der Waals surface area contributed by atoms with Crippen LogP contribution in [0.4, 0.5) is 14.6 Å². The SMILES string of the molecule is Cc1ncc(-c2cc(NC[C@@H](C)c3ccnc4c3OCCO4)ncn2)cc1OC(F)F. The maximum absolute atomic E-state index is 12.6. The molecule has 162 valence electrons. The van der Waals surface area contributed by atoms with Crippen molar-refractivity contribution in [2.75, 3.05) is 25.1 Å². The molecule has 0 unspecified atom stereocenters. The van der Waals surface area contributed by atoms with Crippen molar-refractivity contribution in [3.63, 3.8) is 0 Å². The molecule has 0 spiro atoms. The third-order valence-electron chi connectivity index (χ3n) is 4.81. The van der Waals surface area contributed by atoms with Crippen LogP contribution in [0.2, 0.25) is 0 Å².